The predicted octanol–water partition coefficient (Wildman–Crippen LogP) is 2.68. The Kier molecular flexibility index (Phi) is 5.45. The van der Waals surface area contributed by atoms with Gasteiger partial charge in [0.2, 0.25) is 0 Å². The maximum atomic E-state index is 11.3. The van der Waals surface area contributed by atoms with Gasteiger partial charge in [0.25, 0.3) is 0 Å². The standard InChI is InChI=1S/C13H18ClNO2/c1-3-15(4-2)12(13(16)17)9-10-7-5-6-8-11(10)14/h5-8,12H,3-4,9H2,1-2H3,(H,16,17)/t12-/m0/s1. The summed E-state index contributed by atoms with van der Waals surface area (Å²) in [7, 11) is 0. The van der Waals surface area contributed by atoms with Crippen LogP contribution in [0.1, 0.15) is 19.4 Å². The lowest BCUT2D eigenvalue weighted by Crippen LogP contribution is -2.42. The number of likely N-dealkylation sites (N-methyl/N-ethyl adjacent to an activating group) is 1. The average Bonchev–Trinajstić information content (AvgIpc) is 2.31. The first-order valence-corrected chi connectivity index (χ1v) is 6.18. The zero-order valence-electron chi connectivity index (χ0n) is 10.2. The third-order valence-corrected chi connectivity index (χ3v) is 3.28. The van der Waals surface area contributed by atoms with E-state index in [0.29, 0.717) is 11.4 Å². The number of carboxylic acid groups (broad SMARTS) is 1. The van der Waals surface area contributed by atoms with Crippen LogP contribution in [0.15, 0.2) is 24.3 Å². The number of carboxylic acids is 1. The lowest BCUT2D eigenvalue weighted by molar-refractivity contribution is -0.143. The van der Waals surface area contributed by atoms with Crippen LogP contribution in [0, 0.1) is 0 Å². The van der Waals surface area contributed by atoms with Crippen molar-refractivity contribution in [2.45, 2.75) is 26.3 Å². The Bertz CT molecular complexity index is 377. The van der Waals surface area contributed by atoms with Crippen LogP contribution in [0.25, 0.3) is 0 Å². The van der Waals surface area contributed by atoms with Crippen LogP contribution in [0.4, 0.5) is 0 Å². The van der Waals surface area contributed by atoms with Crippen molar-refractivity contribution in [1.29, 1.82) is 0 Å². The van der Waals surface area contributed by atoms with Crippen LogP contribution in [0.5, 0.6) is 0 Å². The second kappa shape index (κ2) is 6.62. The van der Waals surface area contributed by atoms with Gasteiger partial charge in [-0.1, -0.05) is 43.6 Å². The van der Waals surface area contributed by atoms with Crippen molar-refractivity contribution in [3.8, 4) is 0 Å². The van der Waals surface area contributed by atoms with Crippen LogP contribution >= 0.6 is 11.6 Å². The van der Waals surface area contributed by atoms with E-state index in [0.717, 1.165) is 18.7 Å². The molecule has 0 aliphatic heterocycles. The van der Waals surface area contributed by atoms with Gasteiger partial charge in [0.05, 0.1) is 0 Å². The summed E-state index contributed by atoms with van der Waals surface area (Å²) in [6.07, 6.45) is 0.441. The van der Waals surface area contributed by atoms with Crippen LogP contribution in [0.2, 0.25) is 5.02 Å². The summed E-state index contributed by atoms with van der Waals surface area (Å²) in [5.41, 5.74) is 0.883. The average molecular weight is 256 g/mol. The van der Waals surface area contributed by atoms with Crippen LogP contribution in [-0.4, -0.2) is 35.1 Å². The molecule has 0 saturated carbocycles. The van der Waals surface area contributed by atoms with Gasteiger partial charge >= 0.3 is 5.97 Å². The Morgan fingerprint density at radius 2 is 1.94 bits per heavy atom. The lowest BCUT2D eigenvalue weighted by atomic mass is 10.0. The molecule has 0 aromatic heterocycles. The zero-order chi connectivity index (χ0) is 12.8. The van der Waals surface area contributed by atoms with E-state index in [1.807, 2.05) is 36.9 Å². The van der Waals surface area contributed by atoms with Gasteiger partial charge in [-0.2, -0.15) is 0 Å². The molecule has 0 fully saturated rings. The Hall–Kier alpha value is -1.06. The summed E-state index contributed by atoms with van der Waals surface area (Å²) < 4.78 is 0. The van der Waals surface area contributed by atoms with E-state index in [-0.39, 0.29) is 0 Å². The highest BCUT2D eigenvalue weighted by molar-refractivity contribution is 6.31. The minimum absolute atomic E-state index is 0.441. The summed E-state index contributed by atoms with van der Waals surface area (Å²) in [5.74, 6) is -0.798. The minimum atomic E-state index is -0.798. The third kappa shape index (κ3) is 3.72. The number of hydrogen-bond donors (Lipinski definition) is 1. The van der Waals surface area contributed by atoms with Gasteiger partial charge in [0.15, 0.2) is 0 Å². The Balaban J connectivity index is 2.87. The van der Waals surface area contributed by atoms with Crippen molar-refractivity contribution in [2.75, 3.05) is 13.1 Å². The quantitative estimate of drug-likeness (QED) is 0.850. The topological polar surface area (TPSA) is 40.5 Å². The number of rotatable bonds is 6. The molecule has 0 bridgehead atoms. The molecule has 0 saturated heterocycles. The molecule has 17 heavy (non-hydrogen) atoms. The maximum absolute atomic E-state index is 11.3. The molecule has 1 atom stereocenters. The van der Waals surface area contributed by atoms with Gasteiger partial charge in [-0.25, -0.2) is 0 Å². The molecule has 1 N–H and O–H groups in total. The molecule has 4 heteroatoms. The van der Waals surface area contributed by atoms with Crippen LogP contribution < -0.4 is 0 Å². The van der Waals surface area contributed by atoms with Crippen molar-refractivity contribution < 1.29 is 9.90 Å². The molecular formula is C13H18ClNO2. The van der Waals surface area contributed by atoms with E-state index in [1.165, 1.54) is 0 Å². The highest BCUT2D eigenvalue weighted by Crippen LogP contribution is 2.18. The summed E-state index contributed by atoms with van der Waals surface area (Å²) in [6.45, 7) is 5.37. The van der Waals surface area contributed by atoms with Crippen molar-refractivity contribution in [3.63, 3.8) is 0 Å². The molecule has 0 heterocycles. The molecule has 1 aromatic carbocycles. The van der Waals surface area contributed by atoms with E-state index in [4.69, 9.17) is 11.6 Å². The summed E-state index contributed by atoms with van der Waals surface area (Å²) >= 11 is 6.05. The molecule has 0 unspecified atom stereocenters. The highest BCUT2D eigenvalue weighted by atomic mass is 35.5. The zero-order valence-corrected chi connectivity index (χ0v) is 10.9. The first-order valence-electron chi connectivity index (χ1n) is 5.80. The summed E-state index contributed by atoms with van der Waals surface area (Å²) in [6, 6.07) is 6.88. The Morgan fingerprint density at radius 3 is 2.41 bits per heavy atom. The molecule has 0 radical (unpaired) electrons. The molecule has 0 spiro atoms. The SMILES string of the molecule is CCN(CC)[C@@H](Cc1ccccc1Cl)C(=O)O. The Labute approximate surface area is 107 Å². The number of aliphatic carboxylic acids is 1. The largest absolute Gasteiger partial charge is 0.480 e. The van der Waals surface area contributed by atoms with Crippen molar-refractivity contribution in [2.24, 2.45) is 0 Å². The molecule has 1 rings (SSSR count). The normalized spacial score (nSPS) is 12.7. The fourth-order valence-corrected chi connectivity index (χ4v) is 2.12. The number of benzene rings is 1. The second-order valence-corrected chi connectivity index (χ2v) is 4.28. The monoisotopic (exact) mass is 255 g/mol. The number of hydrogen-bond acceptors (Lipinski definition) is 2. The Morgan fingerprint density at radius 1 is 1.35 bits per heavy atom. The van der Waals surface area contributed by atoms with E-state index < -0.39 is 12.0 Å². The first kappa shape index (κ1) is 14.0. The predicted molar refractivity (Wildman–Crippen MR) is 69.5 cm³/mol. The number of halogens is 1. The van der Waals surface area contributed by atoms with Crippen molar-refractivity contribution in [1.82, 2.24) is 4.90 Å². The molecule has 0 aliphatic carbocycles. The van der Waals surface area contributed by atoms with E-state index in [1.54, 1.807) is 6.07 Å². The minimum Gasteiger partial charge on any atom is -0.480 e. The summed E-state index contributed by atoms with van der Waals surface area (Å²) in [5, 5.41) is 9.90. The molecule has 1 aromatic rings. The van der Waals surface area contributed by atoms with Crippen molar-refractivity contribution >= 4 is 17.6 Å². The van der Waals surface area contributed by atoms with Crippen LogP contribution in [-0.2, 0) is 11.2 Å². The smallest absolute Gasteiger partial charge is 0.321 e. The first-order chi connectivity index (χ1) is 8.10. The number of nitrogens with zero attached hydrogens (tertiary/aromatic N) is 1. The summed E-state index contributed by atoms with van der Waals surface area (Å²) in [4.78, 5) is 13.2. The molecule has 0 amide bonds. The van der Waals surface area contributed by atoms with Gasteiger partial charge in [-0.05, 0) is 24.7 Å². The van der Waals surface area contributed by atoms with Gasteiger partial charge in [-0.3, -0.25) is 9.69 Å². The van der Waals surface area contributed by atoms with E-state index in [2.05, 4.69) is 0 Å². The molecule has 3 nitrogen and oxygen atoms in total. The van der Waals surface area contributed by atoms with Gasteiger partial charge in [0, 0.05) is 11.4 Å². The van der Waals surface area contributed by atoms with E-state index in [9.17, 15) is 9.90 Å². The fraction of sp³-hybridized carbons (Fsp3) is 0.462. The lowest BCUT2D eigenvalue weighted by Gasteiger charge is -2.26. The van der Waals surface area contributed by atoms with Gasteiger partial charge in [0.1, 0.15) is 6.04 Å². The van der Waals surface area contributed by atoms with Gasteiger partial charge < -0.3 is 5.11 Å². The second-order valence-electron chi connectivity index (χ2n) is 3.87. The molecular weight excluding hydrogens is 238 g/mol. The van der Waals surface area contributed by atoms with Crippen molar-refractivity contribution in [3.05, 3.63) is 34.9 Å². The molecule has 0 aliphatic rings. The highest BCUT2D eigenvalue weighted by Gasteiger charge is 2.24. The third-order valence-electron chi connectivity index (χ3n) is 2.91. The fourth-order valence-electron chi connectivity index (χ4n) is 1.91. The van der Waals surface area contributed by atoms with Gasteiger partial charge in [-0.15, -0.1) is 0 Å². The van der Waals surface area contributed by atoms with Crippen LogP contribution in [0.3, 0.4) is 0 Å². The maximum Gasteiger partial charge on any atom is 0.321 e. The molecule has 94 valence electrons. The number of carbonyl (C=O) groups is 1. The van der Waals surface area contributed by atoms with E-state index >= 15 is 0 Å².